The van der Waals surface area contributed by atoms with E-state index in [0.29, 0.717) is 11.8 Å². The maximum absolute atomic E-state index is 5.54. The maximum atomic E-state index is 5.54. The molecule has 0 aliphatic heterocycles. The minimum atomic E-state index is -0.0377. The lowest BCUT2D eigenvalue weighted by molar-refractivity contribution is 0.500. The first-order valence-corrected chi connectivity index (χ1v) is 5.50. The van der Waals surface area contributed by atoms with E-state index in [1.54, 1.807) is 0 Å². The highest BCUT2D eigenvalue weighted by Crippen LogP contribution is 2.32. The predicted octanol–water partition coefficient (Wildman–Crippen LogP) is 2.08. The van der Waals surface area contributed by atoms with Crippen LogP contribution < -0.4 is 11.3 Å². The van der Waals surface area contributed by atoms with E-state index in [1.807, 2.05) is 0 Å². The van der Waals surface area contributed by atoms with E-state index in [2.05, 4.69) is 38.1 Å². The standard InChI is InChI=1S/C11H23N3/c1-8-6-5-7-9(8)10(14-12)13-11(2,3)4/h8-9H,5-7,12H2,1-4H3,(H,13,14). The Labute approximate surface area is 87.1 Å². The lowest BCUT2D eigenvalue weighted by atomic mass is 9.96. The van der Waals surface area contributed by atoms with Gasteiger partial charge >= 0.3 is 0 Å². The maximum Gasteiger partial charge on any atom is 0.114 e. The second kappa shape index (κ2) is 4.30. The van der Waals surface area contributed by atoms with Crippen molar-refractivity contribution in [2.24, 2.45) is 22.7 Å². The Morgan fingerprint density at radius 2 is 2.00 bits per heavy atom. The second-order valence-electron chi connectivity index (χ2n) is 5.33. The number of nitrogens with two attached hydrogens (primary N) is 1. The summed E-state index contributed by atoms with van der Waals surface area (Å²) in [4.78, 5) is 4.64. The smallest absolute Gasteiger partial charge is 0.114 e. The fraction of sp³-hybridized carbons (Fsp3) is 0.909. The van der Waals surface area contributed by atoms with E-state index < -0.39 is 0 Å². The van der Waals surface area contributed by atoms with Crippen molar-refractivity contribution in [2.75, 3.05) is 0 Å². The topological polar surface area (TPSA) is 50.4 Å². The number of hydrogen-bond donors (Lipinski definition) is 2. The molecule has 14 heavy (non-hydrogen) atoms. The zero-order chi connectivity index (χ0) is 10.8. The summed E-state index contributed by atoms with van der Waals surface area (Å²) < 4.78 is 0. The fourth-order valence-electron chi connectivity index (χ4n) is 2.14. The third-order valence-electron chi connectivity index (χ3n) is 2.82. The van der Waals surface area contributed by atoms with E-state index >= 15 is 0 Å². The number of rotatable bonds is 1. The van der Waals surface area contributed by atoms with E-state index in [4.69, 9.17) is 5.84 Å². The van der Waals surface area contributed by atoms with Gasteiger partial charge in [-0.05, 0) is 39.5 Å². The number of nitrogens with one attached hydrogen (secondary N) is 1. The Bertz CT molecular complexity index is 215. The van der Waals surface area contributed by atoms with Gasteiger partial charge in [0, 0.05) is 5.92 Å². The molecule has 0 bridgehead atoms. The van der Waals surface area contributed by atoms with Gasteiger partial charge in [0.15, 0.2) is 0 Å². The first-order valence-electron chi connectivity index (χ1n) is 5.50. The molecule has 1 aliphatic rings. The van der Waals surface area contributed by atoms with E-state index in [1.165, 1.54) is 19.3 Å². The molecule has 1 aliphatic carbocycles. The number of nitrogens with zero attached hydrogens (tertiary/aromatic N) is 1. The van der Waals surface area contributed by atoms with Gasteiger partial charge < -0.3 is 5.43 Å². The molecule has 0 spiro atoms. The average molecular weight is 197 g/mol. The van der Waals surface area contributed by atoms with Gasteiger partial charge in [0.1, 0.15) is 5.84 Å². The van der Waals surface area contributed by atoms with Crippen LogP contribution in [0.15, 0.2) is 4.99 Å². The minimum absolute atomic E-state index is 0.0377. The molecule has 0 heterocycles. The molecule has 2 unspecified atom stereocenters. The lowest BCUT2D eigenvalue weighted by Crippen LogP contribution is -2.39. The minimum Gasteiger partial charge on any atom is -0.312 e. The van der Waals surface area contributed by atoms with Crippen molar-refractivity contribution in [3.8, 4) is 0 Å². The highest BCUT2D eigenvalue weighted by Gasteiger charge is 2.28. The van der Waals surface area contributed by atoms with Crippen LogP contribution in [0.2, 0.25) is 0 Å². The summed E-state index contributed by atoms with van der Waals surface area (Å²) in [5.41, 5.74) is 2.74. The lowest BCUT2D eigenvalue weighted by Gasteiger charge is -2.22. The molecule has 82 valence electrons. The van der Waals surface area contributed by atoms with Gasteiger partial charge in [0.05, 0.1) is 5.54 Å². The molecular formula is C11H23N3. The van der Waals surface area contributed by atoms with Crippen molar-refractivity contribution in [2.45, 2.75) is 52.5 Å². The number of hydrazine groups is 1. The van der Waals surface area contributed by atoms with Gasteiger partial charge in [0.25, 0.3) is 0 Å². The summed E-state index contributed by atoms with van der Waals surface area (Å²) in [6, 6.07) is 0. The quantitative estimate of drug-likeness (QED) is 0.293. The van der Waals surface area contributed by atoms with Crippen LogP contribution in [0.25, 0.3) is 0 Å². The third-order valence-corrected chi connectivity index (χ3v) is 2.82. The van der Waals surface area contributed by atoms with Crippen LogP contribution in [-0.4, -0.2) is 11.4 Å². The van der Waals surface area contributed by atoms with Gasteiger partial charge in [-0.2, -0.15) is 0 Å². The Kier molecular flexibility index (Phi) is 3.53. The number of amidine groups is 1. The van der Waals surface area contributed by atoms with Crippen molar-refractivity contribution >= 4 is 5.84 Å². The molecule has 0 aromatic heterocycles. The van der Waals surface area contributed by atoms with Crippen LogP contribution >= 0.6 is 0 Å². The predicted molar refractivity (Wildman–Crippen MR) is 61.0 cm³/mol. The summed E-state index contributed by atoms with van der Waals surface area (Å²) in [5.74, 6) is 7.79. The third kappa shape index (κ3) is 2.98. The largest absolute Gasteiger partial charge is 0.312 e. The Morgan fingerprint density at radius 3 is 2.36 bits per heavy atom. The van der Waals surface area contributed by atoms with Crippen molar-refractivity contribution in [1.82, 2.24) is 5.43 Å². The number of hydrogen-bond acceptors (Lipinski definition) is 2. The van der Waals surface area contributed by atoms with Gasteiger partial charge in [-0.3, -0.25) is 4.99 Å². The second-order valence-corrected chi connectivity index (χ2v) is 5.33. The van der Waals surface area contributed by atoms with Crippen LogP contribution in [0, 0.1) is 11.8 Å². The van der Waals surface area contributed by atoms with E-state index in [9.17, 15) is 0 Å². The van der Waals surface area contributed by atoms with Crippen LogP contribution in [-0.2, 0) is 0 Å². The van der Waals surface area contributed by atoms with Gasteiger partial charge in [-0.25, -0.2) is 5.84 Å². The zero-order valence-corrected chi connectivity index (χ0v) is 9.80. The Balaban J connectivity index is 2.75. The zero-order valence-electron chi connectivity index (χ0n) is 9.80. The molecule has 0 radical (unpaired) electrons. The van der Waals surface area contributed by atoms with Crippen LogP contribution in [0.5, 0.6) is 0 Å². The van der Waals surface area contributed by atoms with Gasteiger partial charge in [0.2, 0.25) is 0 Å². The highest BCUT2D eigenvalue weighted by atomic mass is 15.3. The summed E-state index contributed by atoms with van der Waals surface area (Å²) in [7, 11) is 0. The molecule has 3 heteroatoms. The molecule has 1 fully saturated rings. The van der Waals surface area contributed by atoms with Crippen molar-refractivity contribution in [3.63, 3.8) is 0 Å². The van der Waals surface area contributed by atoms with Crippen molar-refractivity contribution in [1.29, 1.82) is 0 Å². The number of aliphatic imine (C=N–C) groups is 1. The molecule has 1 saturated carbocycles. The first-order chi connectivity index (χ1) is 6.44. The van der Waals surface area contributed by atoms with Crippen LogP contribution in [0.3, 0.4) is 0 Å². The molecule has 0 aromatic carbocycles. The molecule has 0 saturated heterocycles. The summed E-state index contributed by atoms with van der Waals surface area (Å²) in [5, 5.41) is 0. The highest BCUT2D eigenvalue weighted by molar-refractivity contribution is 5.84. The normalized spacial score (nSPS) is 29.4. The summed E-state index contributed by atoms with van der Waals surface area (Å²) in [6.45, 7) is 8.59. The van der Waals surface area contributed by atoms with E-state index in [-0.39, 0.29) is 5.54 Å². The molecule has 2 atom stereocenters. The SMILES string of the molecule is CC1CCCC1C(=NC(C)(C)C)NN. The summed E-state index contributed by atoms with van der Waals surface area (Å²) >= 11 is 0. The molecule has 0 amide bonds. The molecule has 3 N–H and O–H groups in total. The summed E-state index contributed by atoms with van der Waals surface area (Å²) in [6.07, 6.45) is 3.83. The molecule has 0 aromatic rings. The Hall–Kier alpha value is -0.570. The average Bonchev–Trinajstić information content (AvgIpc) is 2.45. The fourth-order valence-corrected chi connectivity index (χ4v) is 2.14. The van der Waals surface area contributed by atoms with Crippen LogP contribution in [0.1, 0.15) is 47.0 Å². The monoisotopic (exact) mass is 197 g/mol. The van der Waals surface area contributed by atoms with Crippen molar-refractivity contribution in [3.05, 3.63) is 0 Å². The molecular weight excluding hydrogens is 174 g/mol. The van der Waals surface area contributed by atoms with Gasteiger partial charge in [-0.1, -0.05) is 13.3 Å². The van der Waals surface area contributed by atoms with E-state index in [0.717, 1.165) is 5.84 Å². The van der Waals surface area contributed by atoms with Crippen molar-refractivity contribution < 1.29 is 0 Å². The van der Waals surface area contributed by atoms with Crippen LogP contribution in [0.4, 0.5) is 0 Å². The Morgan fingerprint density at radius 1 is 1.36 bits per heavy atom. The first kappa shape index (κ1) is 11.5. The van der Waals surface area contributed by atoms with Gasteiger partial charge in [-0.15, -0.1) is 0 Å². The molecule has 1 rings (SSSR count). The molecule has 3 nitrogen and oxygen atoms in total.